The molecule has 1 aromatic heterocycles. The quantitative estimate of drug-likeness (QED) is 0.507. The number of carbonyl (C=O) groups is 2. The molecule has 2 aromatic carbocycles. The number of anilines is 1. The van der Waals surface area contributed by atoms with Gasteiger partial charge < -0.3 is 10.2 Å². The first-order valence-electron chi connectivity index (χ1n) is 10.1. The number of carbonyl (C=O) groups excluding carboxylic acids is 2. The summed E-state index contributed by atoms with van der Waals surface area (Å²) in [6.07, 6.45) is 2.12. The van der Waals surface area contributed by atoms with Gasteiger partial charge in [0.2, 0.25) is 5.91 Å². The number of fused-ring (bicyclic) bond motifs is 1. The Morgan fingerprint density at radius 3 is 2.55 bits per heavy atom. The maximum absolute atomic E-state index is 12.9. The number of nitrogens with zero attached hydrogens (tertiary/aromatic N) is 1. The number of likely N-dealkylation sites (tertiary alicyclic amines) is 1. The van der Waals surface area contributed by atoms with E-state index < -0.39 is 10.0 Å². The molecule has 0 radical (unpaired) electrons. The average molecular weight is 458 g/mol. The standard InChI is InChI=1S/C22H23N3O4S2/c26-20-8-3-11-25(20)12-5-10-23-22(27)18-14-16-6-1-2-7-17(16)15-19(18)24-31(28,29)21-9-4-13-30-21/h1-2,4,6-7,9,13-15,24H,3,5,8,10-12H2,(H,23,27). The third-order valence-corrected chi connectivity index (χ3v) is 7.96. The largest absolute Gasteiger partial charge is 0.352 e. The smallest absolute Gasteiger partial charge is 0.271 e. The van der Waals surface area contributed by atoms with Crippen molar-refractivity contribution in [1.29, 1.82) is 0 Å². The van der Waals surface area contributed by atoms with Crippen LogP contribution in [0.15, 0.2) is 58.1 Å². The van der Waals surface area contributed by atoms with Crippen molar-refractivity contribution in [3.05, 3.63) is 59.5 Å². The SMILES string of the molecule is O=C(NCCCN1CCCC1=O)c1cc2ccccc2cc1NS(=O)(=O)c1cccs1. The minimum Gasteiger partial charge on any atom is -0.352 e. The van der Waals surface area contributed by atoms with Crippen LogP contribution in [0.3, 0.4) is 0 Å². The van der Waals surface area contributed by atoms with Gasteiger partial charge in [-0.3, -0.25) is 14.3 Å². The predicted octanol–water partition coefficient (Wildman–Crippen LogP) is 3.44. The lowest BCUT2D eigenvalue weighted by molar-refractivity contribution is -0.127. The molecule has 1 saturated heterocycles. The van der Waals surface area contributed by atoms with Gasteiger partial charge in [0.05, 0.1) is 11.3 Å². The maximum atomic E-state index is 12.9. The van der Waals surface area contributed by atoms with Gasteiger partial charge in [0.25, 0.3) is 15.9 Å². The van der Waals surface area contributed by atoms with Crippen LogP contribution in [0.4, 0.5) is 5.69 Å². The number of benzene rings is 2. The summed E-state index contributed by atoms with van der Waals surface area (Å²) in [5, 5.41) is 6.21. The molecular formula is C22H23N3O4S2. The van der Waals surface area contributed by atoms with Crippen LogP contribution in [0.5, 0.6) is 0 Å². The monoisotopic (exact) mass is 457 g/mol. The highest BCUT2D eigenvalue weighted by Gasteiger charge is 2.21. The lowest BCUT2D eigenvalue weighted by atomic mass is 10.0. The number of hydrogen-bond donors (Lipinski definition) is 2. The first-order chi connectivity index (χ1) is 14.9. The van der Waals surface area contributed by atoms with E-state index >= 15 is 0 Å². The van der Waals surface area contributed by atoms with Gasteiger partial charge in [0.15, 0.2) is 0 Å². The van der Waals surface area contributed by atoms with Crippen molar-refractivity contribution in [2.24, 2.45) is 0 Å². The summed E-state index contributed by atoms with van der Waals surface area (Å²) < 4.78 is 28.2. The van der Waals surface area contributed by atoms with Gasteiger partial charge in [-0.25, -0.2) is 8.42 Å². The topological polar surface area (TPSA) is 95.6 Å². The molecule has 7 nitrogen and oxygen atoms in total. The highest BCUT2D eigenvalue weighted by molar-refractivity contribution is 7.94. The molecule has 3 aromatic rings. The zero-order valence-electron chi connectivity index (χ0n) is 16.8. The number of nitrogens with one attached hydrogen (secondary N) is 2. The van der Waals surface area contributed by atoms with E-state index in [1.54, 1.807) is 23.6 Å². The predicted molar refractivity (Wildman–Crippen MR) is 122 cm³/mol. The second-order valence-electron chi connectivity index (χ2n) is 7.38. The molecule has 2 N–H and O–H groups in total. The Labute approximate surface area is 185 Å². The summed E-state index contributed by atoms with van der Waals surface area (Å²) in [6, 6.07) is 14.0. The highest BCUT2D eigenvalue weighted by Crippen LogP contribution is 2.27. The molecule has 1 aliphatic heterocycles. The first kappa shape index (κ1) is 21.3. The van der Waals surface area contributed by atoms with Crippen molar-refractivity contribution in [3.8, 4) is 0 Å². The van der Waals surface area contributed by atoms with Crippen LogP contribution in [0.25, 0.3) is 10.8 Å². The number of thiophene rings is 1. The van der Waals surface area contributed by atoms with Gasteiger partial charge in [0, 0.05) is 26.1 Å². The van der Waals surface area contributed by atoms with Crippen LogP contribution < -0.4 is 10.0 Å². The van der Waals surface area contributed by atoms with Crippen LogP contribution in [-0.4, -0.2) is 44.8 Å². The molecule has 1 aliphatic rings. The molecule has 9 heteroatoms. The summed E-state index contributed by atoms with van der Waals surface area (Å²) in [6.45, 7) is 1.77. The highest BCUT2D eigenvalue weighted by atomic mass is 32.2. The number of amides is 2. The summed E-state index contributed by atoms with van der Waals surface area (Å²) in [5.41, 5.74) is 0.496. The molecule has 0 saturated carbocycles. The molecule has 1 fully saturated rings. The van der Waals surface area contributed by atoms with E-state index in [-0.39, 0.29) is 27.3 Å². The zero-order valence-corrected chi connectivity index (χ0v) is 18.5. The summed E-state index contributed by atoms with van der Waals surface area (Å²) in [5.74, 6) is -0.200. The van der Waals surface area contributed by atoms with Crippen LogP contribution in [0, 0.1) is 0 Å². The fraction of sp³-hybridized carbons (Fsp3) is 0.273. The van der Waals surface area contributed by atoms with E-state index in [1.807, 2.05) is 29.2 Å². The van der Waals surface area contributed by atoms with Crippen LogP contribution in [0.2, 0.25) is 0 Å². The van der Waals surface area contributed by atoms with Crippen LogP contribution in [-0.2, 0) is 14.8 Å². The van der Waals surface area contributed by atoms with E-state index in [1.165, 1.54) is 6.07 Å². The van der Waals surface area contributed by atoms with E-state index in [9.17, 15) is 18.0 Å². The minimum atomic E-state index is -3.79. The van der Waals surface area contributed by atoms with Gasteiger partial charge in [-0.1, -0.05) is 30.3 Å². The number of rotatable bonds is 8. The Morgan fingerprint density at radius 2 is 1.87 bits per heavy atom. The van der Waals surface area contributed by atoms with E-state index in [2.05, 4.69) is 10.0 Å². The van der Waals surface area contributed by atoms with Crippen molar-refractivity contribution in [2.75, 3.05) is 24.4 Å². The van der Waals surface area contributed by atoms with Gasteiger partial charge in [-0.05, 0) is 47.2 Å². The fourth-order valence-corrected chi connectivity index (χ4v) is 5.70. The van der Waals surface area contributed by atoms with E-state index in [4.69, 9.17) is 0 Å². The first-order valence-corrected chi connectivity index (χ1v) is 12.5. The number of hydrogen-bond acceptors (Lipinski definition) is 5. The Hall–Kier alpha value is -2.91. The molecule has 0 aliphatic carbocycles. The zero-order chi connectivity index (χ0) is 21.8. The van der Waals surface area contributed by atoms with E-state index in [0.29, 0.717) is 25.9 Å². The third-order valence-electron chi connectivity index (χ3n) is 5.20. The maximum Gasteiger partial charge on any atom is 0.271 e. The summed E-state index contributed by atoms with van der Waals surface area (Å²) >= 11 is 1.11. The molecule has 2 amide bonds. The molecule has 162 valence electrons. The summed E-state index contributed by atoms with van der Waals surface area (Å²) in [7, 11) is -3.79. The summed E-state index contributed by atoms with van der Waals surface area (Å²) in [4.78, 5) is 26.4. The van der Waals surface area contributed by atoms with Crippen molar-refractivity contribution < 1.29 is 18.0 Å². The second kappa shape index (κ2) is 9.07. The van der Waals surface area contributed by atoms with Gasteiger partial charge in [-0.2, -0.15) is 0 Å². The van der Waals surface area contributed by atoms with E-state index in [0.717, 1.165) is 35.1 Å². The molecule has 2 heterocycles. The Morgan fingerprint density at radius 1 is 1.10 bits per heavy atom. The lowest BCUT2D eigenvalue weighted by Gasteiger charge is -2.16. The average Bonchev–Trinajstić information content (AvgIpc) is 3.43. The molecule has 0 bridgehead atoms. The molecule has 0 atom stereocenters. The number of sulfonamides is 1. The van der Waals surface area contributed by atoms with Gasteiger partial charge in [0.1, 0.15) is 4.21 Å². The normalized spacial score (nSPS) is 14.2. The second-order valence-corrected chi connectivity index (χ2v) is 10.2. The minimum absolute atomic E-state index is 0.158. The van der Waals surface area contributed by atoms with Crippen molar-refractivity contribution in [1.82, 2.24) is 10.2 Å². The molecule has 4 rings (SSSR count). The van der Waals surface area contributed by atoms with Crippen LogP contribution >= 0.6 is 11.3 Å². The molecule has 0 unspecified atom stereocenters. The fourth-order valence-electron chi connectivity index (χ4n) is 3.63. The van der Waals surface area contributed by atoms with Crippen molar-refractivity contribution >= 4 is 49.6 Å². The lowest BCUT2D eigenvalue weighted by Crippen LogP contribution is -2.31. The molecule has 31 heavy (non-hydrogen) atoms. The third kappa shape index (κ3) is 4.88. The van der Waals surface area contributed by atoms with Crippen molar-refractivity contribution in [3.63, 3.8) is 0 Å². The Kier molecular flexibility index (Phi) is 6.24. The van der Waals surface area contributed by atoms with Crippen LogP contribution in [0.1, 0.15) is 29.6 Å². The van der Waals surface area contributed by atoms with Gasteiger partial charge in [-0.15, -0.1) is 11.3 Å². The van der Waals surface area contributed by atoms with Gasteiger partial charge >= 0.3 is 0 Å². The Bertz CT molecular complexity index is 1210. The Balaban J connectivity index is 1.53. The molecule has 0 spiro atoms. The van der Waals surface area contributed by atoms with Crippen molar-refractivity contribution in [2.45, 2.75) is 23.5 Å². The molecular weight excluding hydrogens is 434 g/mol.